The van der Waals surface area contributed by atoms with Crippen molar-refractivity contribution >= 4 is 29.7 Å². The molecule has 38 heavy (non-hydrogen) atoms. The van der Waals surface area contributed by atoms with E-state index in [1.165, 1.54) is 19.4 Å². The Balaban J connectivity index is 2.96. The molecule has 14 N–H and O–H groups in total. The van der Waals surface area contributed by atoms with Gasteiger partial charge in [0, 0.05) is 24.9 Å². The number of H-pyrrole nitrogens is 1. The lowest BCUT2D eigenvalue weighted by Crippen LogP contribution is -2.60. The Morgan fingerprint density at radius 1 is 1.03 bits per heavy atom. The number of amides is 3. The highest BCUT2D eigenvalue weighted by atomic mass is 16.4. The molecule has 0 aliphatic carbocycles. The van der Waals surface area contributed by atoms with Crippen LogP contribution in [0.1, 0.15) is 44.7 Å². The number of aromatic nitrogens is 2. The molecule has 1 aromatic rings. The van der Waals surface area contributed by atoms with E-state index in [2.05, 4.69) is 30.9 Å². The number of nitrogens with zero attached hydrogens (tertiary/aromatic N) is 2. The number of aromatic amines is 1. The van der Waals surface area contributed by atoms with Crippen LogP contribution in [0.3, 0.4) is 0 Å². The highest BCUT2D eigenvalue weighted by Crippen LogP contribution is 2.06. The second kappa shape index (κ2) is 16.9. The number of hydrogen-bond acceptors (Lipinski definition) is 9. The number of guanidine groups is 1. The Morgan fingerprint density at radius 2 is 1.71 bits per heavy atom. The molecule has 16 heteroatoms. The minimum absolute atomic E-state index is 0.0248. The number of aliphatic hydroxyl groups is 1. The van der Waals surface area contributed by atoms with E-state index in [1.807, 2.05) is 0 Å². The second-order valence-corrected chi connectivity index (χ2v) is 8.81. The Hall–Kier alpha value is -3.76. The molecule has 3 amide bonds. The van der Waals surface area contributed by atoms with Crippen LogP contribution < -0.4 is 38.9 Å². The third-order valence-electron chi connectivity index (χ3n) is 5.54. The number of hydrogen-bond donors (Lipinski definition) is 10. The summed E-state index contributed by atoms with van der Waals surface area (Å²) in [7, 11) is 0. The first kappa shape index (κ1) is 32.3. The molecule has 5 atom stereocenters. The average Bonchev–Trinajstić information content (AvgIpc) is 3.36. The minimum Gasteiger partial charge on any atom is -0.480 e. The average molecular weight is 541 g/mol. The summed E-state index contributed by atoms with van der Waals surface area (Å²) in [5.74, 6) is -3.73. The van der Waals surface area contributed by atoms with Crippen molar-refractivity contribution in [3.63, 3.8) is 0 Å². The zero-order valence-electron chi connectivity index (χ0n) is 21.4. The first-order valence-electron chi connectivity index (χ1n) is 12.3. The van der Waals surface area contributed by atoms with Crippen molar-refractivity contribution in [2.75, 3.05) is 13.1 Å². The minimum atomic E-state index is -1.42. The summed E-state index contributed by atoms with van der Waals surface area (Å²) >= 11 is 0. The van der Waals surface area contributed by atoms with Gasteiger partial charge in [-0.3, -0.25) is 19.4 Å². The van der Waals surface area contributed by atoms with Crippen molar-refractivity contribution in [3.05, 3.63) is 18.2 Å². The Bertz CT molecular complexity index is 920. The number of nitrogens with two attached hydrogens (primary N) is 4. The summed E-state index contributed by atoms with van der Waals surface area (Å²) in [5.41, 5.74) is 22.3. The van der Waals surface area contributed by atoms with Gasteiger partial charge in [-0.05, 0) is 39.2 Å². The molecule has 0 aromatic carbocycles. The molecule has 214 valence electrons. The van der Waals surface area contributed by atoms with Gasteiger partial charge in [0.2, 0.25) is 17.7 Å². The van der Waals surface area contributed by atoms with Gasteiger partial charge in [-0.15, -0.1) is 0 Å². The van der Waals surface area contributed by atoms with Gasteiger partial charge in [-0.2, -0.15) is 0 Å². The largest absolute Gasteiger partial charge is 0.480 e. The van der Waals surface area contributed by atoms with E-state index in [0.717, 1.165) is 0 Å². The maximum absolute atomic E-state index is 13.1. The van der Waals surface area contributed by atoms with Crippen LogP contribution in [0.25, 0.3) is 0 Å². The van der Waals surface area contributed by atoms with E-state index in [0.29, 0.717) is 31.5 Å². The first-order valence-corrected chi connectivity index (χ1v) is 12.3. The predicted molar refractivity (Wildman–Crippen MR) is 138 cm³/mol. The van der Waals surface area contributed by atoms with Gasteiger partial charge in [0.1, 0.15) is 18.1 Å². The van der Waals surface area contributed by atoms with E-state index in [-0.39, 0.29) is 31.8 Å². The van der Waals surface area contributed by atoms with Crippen LogP contribution in [0.15, 0.2) is 17.5 Å². The molecular formula is C22H40N10O6. The molecule has 0 radical (unpaired) electrons. The molecule has 0 saturated heterocycles. The van der Waals surface area contributed by atoms with Crippen molar-refractivity contribution in [3.8, 4) is 0 Å². The van der Waals surface area contributed by atoms with E-state index in [9.17, 15) is 29.4 Å². The number of carbonyl (C=O) groups excluding carboxylic acids is 3. The van der Waals surface area contributed by atoms with Crippen molar-refractivity contribution in [1.29, 1.82) is 0 Å². The fraction of sp³-hybridized carbons (Fsp3) is 0.636. The van der Waals surface area contributed by atoms with Crippen LogP contribution in [0, 0.1) is 0 Å². The van der Waals surface area contributed by atoms with Gasteiger partial charge in [-0.25, -0.2) is 9.78 Å². The number of unbranched alkanes of at least 4 members (excludes halogenated alkanes) is 1. The Morgan fingerprint density at radius 3 is 2.26 bits per heavy atom. The number of aliphatic imine (C=N–C) groups is 1. The zero-order chi connectivity index (χ0) is 28.7. The fourth-order valence-electron chi connectivity index (χ4n) is 3.43. The lowest BCUT2D eigenvalue weighted by Gasteiger charge is -2.26. The lowest BCUT2D eigenvalue weighted by atomic mass is 10.1. The van der Waals surface area contributed by atoms with Crippen LogP contribution in [0.2, 0.25) is 0 Å². The highest BCUT2D eigenvalue weighted by molar-refractivity contribution is 5.94. The maximum atomic E-state index is 13.1. The Kier molecular flexibility index (Phi) is 14.3. The number of nitrogens with one attached hydrogen (secondary N) is 4. The molecule has 0 aliphatic heterocycles. The molecule has 0 bridgehead atoms. The third-order valence-corrected chi connectivity index (χ3v) is 5.54. The van der Waals surface area contributed by atoms with E-state index >= 15 is 0 Å². The number of imidazole rings is 1. The van der Waals surface area contributed by atoms with Crippen molar-refractivity contribution in [2.24, 2.45) is 27.9 Å². The molecule has 0 fully saturated rings. The van der Waals surface area contributed by atoms with Gasteiger partial charge in [-0.1, -0.05) is 6.42 Å². The van der Waals surface area contributed by atoms with Gasteiger partial charge in [0.15, 0.2) is 5.96 Å². The highest BCUT2D eigenvalue weighted by Gasteiger charge is 2.32. The third kappa shape index (κ3) is 12.0. The molecule has 1 rings (SSSR count). The first-order chi connectivity index (χ1) is 18.0. The molecule has 0 saturated carbocycles. The van der Waals surface area contributed by atoms with Crippen LogP contribution >= 0.6 is 0 Å². The van der Waals surface area contributed by atoms with Crippen LogP contribution in [-0.2, 0) is 25.6 Å². The van der Waals surface area contributed by atoms with Gasteiger partial charge in [0.25, 0.3) is 0 Å². The van der Waals surface area contributed by atoms with Crippen molar-refractivity contribution < 1.29 is 29.4 Å². The molecule has 1 aromatic heterocycles. The summed E-state index contributed by atoms with van der Waals surface area (Å²) in [6, 6.07) is -4.89. The second-order valence-electron chi connectivity index (χ2n) is 8.81. The number of carboxylic acids is 1. The number of aliphatic carboxylic acids is 1. The number of carboxylic acid groups (broad SMARTS) is 1. The molecule has 0 spiro atoms. The molecule has 5 unspecified atom stereocenters. The zero-order valence-corrected chi connectivity index (χ0v) is 21.4. The topological polar surface area (TPSA) is 290 Å². The summed E-state index contributed by atoms with van der Waals surface area (Å²) < 4.78 is 0. The number of aliphatic hydroxyl groups excluding tert-OH is 1. The quantitative estimate of drug-likeness (QED) is 0.0492. The fourth-order valence-corrected chi connectivity index (χ4v) is 3.43. The van der Waals surface area contributed by atoms with E-state index in [1.54, 1.807) is 0 Å². The standard InChI is InChI=1S/C22H40N10O6/c1-12(33)17(32-18(34)14(24)5-2-3-7-23)20(36)31-16(9-13-10-27-11-29-13)19(35)30-15(21(37)38)6-4-8-28-22(25)26/h10-12,14-17,33H,2-9,23-24H2,1H3,(H,27,29)(H,30,35)(H,31,36)(H,32,34)(H,37,38)(H4,25,26,28). The van der Waals surface area contributed by atoms with Crippen LogP contribution in [-0.4, -0.2) is 93.2 Å². The molecular weight excluding hydrogens is 500 g/mol. The SMILES string of the molecule is CC(O)C(NC(=O)C(N)CCCCN)C(=O)NC(Cc1cnc[nH]1)C(=O)NC(CCCN=C(N)N)C(=O)O. The van der Waals surface area contributed by atoms with Gasteiger partial charge in [0.05, 0.1) is 18.5 Å². The van der Waals surface area contributed by atoms with E-state index < -0.39 is 54.0 Å². The summed E-state index contributed by atoms with van der Waals surface area (Å²) in [6.45, 7) is 1.91. The summed E-state index contributed by atoms with van der Waals surface area (Å²) in [5, 5.41) is 27.0. The maximum Gasteiger partial charge on any atom is 0.326 e. The monoisotopic (exact) mass is 540 g/mol. The number of rotatable bonds is 18. The van der Waals surface area contributed by atoms with Gasteiger partial charge >= 0.3 is 5.97 Å². The van der Waals surface area contributed by atoms with Crippen LogP contribution in [0.4, 0.5) is 0 Å². The molecule has 1 heterocycles. The Labute approximate surface area is 220 Å². The van der Waals surface area contributed by atoms with Crippen molar-refractivity contribution in [1.82, 2.24) is 25.9 Å². The lowest BCUT2D eigenvalue weighted by molar-refractivity contribution is -0.142. The van der Waals surface area contributed by atoms with Crippen LogP contribution in [0.5, 0.6) is 0 Å². The summed E-state index contributed by atoms with van der Waals surface area (Å²) in [4.78, 5) is 60.7. The van der Waals surface area contributed by atoms with Crippen molar-refractivity contribution in [2.45, 2.75) is 75.7 Å². The predicted octanol–water partition coefficient (Wildman–Crippen LogP) is -3.62. The number of carbonyl (C=O) groups is 4. The smallest absolute Gasteiger partial charge is 0.326 e. The molecule has 16 nitrogen and oxygen atoms in total. The summed E-state index contributed by atoms with van der Waals surface area (Å²) in [6.07, 6.45) is 3.33. The molecule has 0 aliphatic rings. The normalized spacial score (nSPS) is 14.8. The van der Waals surface area contributed by atoms with E-state index in [4.69, 9.17) is 22.9 Å². The van der Waals surface area contributed by atoms with Gasteiger partial charge < -0.3 is 54.1 Å².